The van der Waals surface area contributed by atoms with Gasteiger partial charge in [0.05, 0.1) is 0 Å². The Labute approximate surface area is 192 Å². The van der Waals surface area contributed by atoms with Gasteiger partial charge in [-0.15, -0.1) is 0 Å². The van der Waals surface area contributed by atoms with Crippen molar-refractivity contribution in [3.05, 3.63) is 118 Å². The molecule has 176 valence electrons. The molecule has 0 heterocycles. The molecule has 0 unspecified atom stereocenters. The van der Waals surface area contributed by atoms with Gasteiger partial charge in [-0.2, -0.15) is 0 Å². The summed E-state index contributed by atoms with van der Waals surface area (Å²) in [4.78, 5) is 0. The number of hydrogen-bond acceptors (Lipinski definition) is 4. The van der Waals surface area contributed by atoms with Crippen LogP contribution in [0.1, 0.15) is 22.3 Å². The van der Waals surface area contributed by atoms with Crippen LogP contribution in [0, 0.1) is 23.3 Å². The minimum absolute atomic E-state index is 0.0947. The van der Waals surface area contributed by atoms with Gasteiger partial charge in [-0.3, -0.25) is 0 Å². The number of halogens is 4. The second-order valence-electron chi connectivity index (χ2n) is 7.50. The van der Waals surface area contributed by atoms with E-state index in [1.165, 1.54) is 0 Å². The van der Waals surface area contributed by atoms with Gasteiger partial charge in [0.1, 0.15) is 11.5 Å². The Kier molecular flexibility index (Phi) is 7.63. The first-order valence-corrected chi connectivity index (χ1v) is 10.0. The highest BCUT2D eigenvalue weighted by molar-refractivity contribution is 5.36. The van der Waals surface area contributed by atoms with Crippen LogP contribution in [0.25, 0.3) is 0 Å². The van der Waals surface area contributed by atoms with Gasteiger partial charge in [0.25, 0.3) is 0 Å². The maximum atomic E-state index is 13.1. The van der Waals surface area contributed by atoms with Gasteiger partial charge >= 0.3 is 0 Å². The molecule has 8 heteroatoms. The van der Waals surface area contributed by atoms with E-state index in [0.29, 0.717) is 0 Å². The number of phenolic OH excluding ortho intramolecular Hbond substituents is 4. The lowest BCUT2D eigenvalue weighted by atomic mass is 10.0. The summed E-state index contributed by atoms with van der Waals surface area (Å²) in [6.07, 6.45) is 0.656. The van der Waals surface area contributed by atoms with Crippen molar-refractivity contribution in [3.63, 3.8) is 0 Å². The summed E-state index contributed by atoms with van der Waals surface area (Å²) in [5.74, 6) is -6.28. The van der Waals surface area contributed by atoms with Crippen molar-refractivity contribution in [2.75, 3.05) is 0 Å². The van der Waals surface area contributed by atoms with Gasteiger partial charge in [0.15, 0.2) is 34.8 Å². The molecule has 34 heavy (non-hydrogen) atoms. The fourth-order valence-electron chi connectivity index (χ4n) is 3.14. The van der Waals surface area contributed by atoms with Crippen molar-refractivity contribution in [1.29, 1.82) is 0 Å². The second kappa shape index (κ2) is 10.6. The minimum Gasteiger partial charge on any atom is -0.508 e. The zero-order valence-electron chi connectivity index (χ0n) is 17.6. The normalized spacial score (nSPS) is 10.5. The zero-order valence-corrected chi connectivity index (χ0v) is 17.6. The maximum Gasteiger partial charge on any atom is 0.187 e. The monoisotopic (exact) mass is 472 g/mol. The quantitative estimate of drug-likeness (QED) is 0.278. The molecule has 4 aromatic rings. The van der Waals surface area contributed by atoms with E-state index in [9.17, 15) is 17.6 Å². The van der Waals surface area contributed by atoms with E-state index in [2.05, 4.69) is 0 Å². The Morgan fingerprint density at radius 1 is 0.412 bits per heavy atom. The molecule has 4 nitrogen and oxygen atoms in total. The van der Waals surface area contributed by atoms with Gasteiger partial charge in [0, 0.05) is 0 Å². The molecule has 0 aliphatic heterocycles. The fourth-order valence-corrected chi connectivity index (χ4v) is 3.14. The number of rotatable bonds is 4. The molecule has 0 radical (unpaired) electrons. The summed E-state index contributed by atoms with van der Waals surface area (Å²) >= 11 is 0. The SMILES string of the molecule is Oc1c(F)cc(Cc2cc(F)c(O)c(F)c2)cc1F.Oc1ccc(Cc2ccc(O)cc2)cc1. The first kappa shape index (κ1) is 24.4. The summed E-state index contributed by atoms with van der Waals surface area (Å²) < 4.78 is 52.3. The van der Waals surface area contributed by atoms with Crippen molar-refractivity contribution in [3.8, 4) is 23.0 Å². The molecule has 0 spiro atoms. The number of hydrogen-bond donors (Lipinski definition) is 4. The third-order valence-electron chi connectivity index (χ3n) is 4.84. The first-order valence-electron chi connectivity index (χ1n) is 10.0. The largest absolute Gasteiger partial charge is 0.508 e. The molecule has 0 fully saturated rings. The Balaban J connectivity index is 0.000000196. The van der Waals surface area contributed by atoms with Crippen LogP contribution >= 0.6 is 0 Å². The van der Waals surface area contributed by atoms with Crippen LogP contribution in [0.15, 0.2) is 72.8 Å². The molecule has 0 saturated heterocycles. The molecule has 0 aliphatic carbocycles. The van der Waals surface area contributed by atoms with Crippen LogP contribution in [0.3, 0.4) is 0 Å². The van der Waals surface area contributed by atoms with E-state index < -0.39 is 34.8 Å². The van der Waals surface area contributed by atoms with Gasteiger partial charge < -0.3 is 20.4 Å². The zero-order chi connectivity index (χ0) is 24.8. The molecule has 4 N–H and O–H groups in total. The van der Waals surface area contributed by atoms with Gasteiger partial charge in [-0.1, -0.05) is 24.3 Å². The maximum absolute atomic E-state index is 13.1. The first-order chi connectivity index (χ1) is 16.1. The van der Waals surface area contributed by atoms with Crippen LogP contribution < -0.4 is 0 Å². The lowest BCUT2D eigenvalue weighted by molar-refractivity contribution is 0.394. The summed E-state index contributed by atoms with van der Waals surface area (Å²) in [7, 11) is 0. The van der Waals surface area contributed by atoms with Crippen LogP contribution in [0.4, 0.5) is 17.6 Å². The Bertz CT molecular complexity index is 1130. The predicted molar refractivity (Wildman–Crippen MR) is 118 cm³/mol. The summed E-state index contributed by atoms with van der Waals surface area (Å²) in [6, 6.07) is 17.7. The molecule has 0 bridgehead atoms. The molecule has 0 aromatic heterocycles. The van der Waals surface area contributed by atoms with Crippen molar-refractivity contribution in [2.45, 2.75) is 12.8 Å². The van der Waals surface area contributed by atoms with Crippen LogP contribution in [0.2, 0.25) is 0 Å². The standard InChI is InChI=1S/C13H8F4O2.C13H12O2/c14-8-2-6(3-9(15)12(8)18)1-7-4-10(16)13(19)11(17)5-7;14-12-5-1-10(2-6-12)9-11-3-7-13(15)8-4-11/h2-5,18-19H,1H2;1-8,14-15H,9H2. The summed E-state index contributed by atoms with van der Waals surface area (Å²) in [6.45, 7) is 0. The van der Waals surface area contributed by atoms with E-state index in [1.54, 1.807) is 24.3 Å². The average Bonchev–Trinajstić information content (AvgIpc) is 2.79. The van der Waals surface area contributed by atoms with E-state index in [4.69, 9.17) is 20.4 Å². The Morgan fingerprint density at radius 3 is 0.971 bits per heavy atom. The number of aromatic hydroxyl groups is 4. The van der Waals surface area contributed by atoms with E-state index >= 15 is 0 Å². The Morgan fingerprint density at radius 2 is 0.676 bits per heavy atom. The highest BCUT2D eigenvalue weighted by Crippen LogP contribution is 2.26. The summed E-state index contributed by atoms with van der Waals surface area (Å²) in [5, 5.41) is 36.1. The van der Waals surface area contributed by atoms with Crippen LogP contribution in [0.5, 0.6) is 23.0 Å². The molecular formula is C26H20F4O4. The molecule has 4 rings (SSSR count). The molecule has 4 aromatic carbocycles. The van der Waals surface area contributed by atoms with Crippen molar-refractivity contribution in [2.24, 2.45) is 0 Å². The van der Waals surface area contributed by atoms with E-state index in [-0.39, 0.29) is 29.0 Å². The number of benzene rings is 4. The topological polar surface area (TPSA) is 80.9 Å². The predicted octanol–water partition coefficient (Wildman–Crippen LogP) is 5.93. The average molecular weight is 472 g/mol. The number of phenols is 4. The van der Waals surface area contributed by atoms with E-state index in [0.717, 1.165) is 41.8 Å². The third kappa shape index (κ3) is 6.41. The lowest BCUT2D eigenvalue weighted by Gasteiger charge is -2.06. The van der Waals surface area contributed by atoms with Crippen LogP contribution in [-0.2, 0) is 12.8 Å². The fraction of sp³-hybridized carbons (Fsp3) is 0.0769. The Hall–Kier alpha value is -4.20. The van der Waals surface area contributed by atoms with Crippen molar-refractivity contribution < 1.29 is 38.0 Å². The van der Waals surface area contributed by atoms with Gasteiger partial charge in [-0.25, -0.2) is 17.6 Å². The third-order valence-corrected chi connectivity index (χ3v) is 4.84. The smallest absolute Gasteiger partial charge is 0.187 e. The van der Waals surface area contributed by atoms with Gasteiger partial charge in [-0.05, 0) is 83.6 Å². The lowest BCUT2D eigenvalue weighted by Crippen LogP contribution is -1.95. The van der Waals surface area contributed by atoms with E-state index in [1.807, 2.05) is 24.3 Å². The molecular weight excluding hydrogens is 452 g/mol. The second-order valence-corrected chi connectivity index (χ2v) is 7.50. The molecule has 0 saturated carbocycles. The summed E-state index contributed by atoms with van der Waals surface area (Å²) in [5.41, 5.74) is 2.46. The van der Waals surface area contributed by atoms with Crippen LogP contribution in [-0.4, -0.2) is 20.4 Å². The van der Waals surface area contributed by atoms with Crippen molar-refractivity contribution in [1.82, 2.24) is 0 Å². The highest BCUT2D eigenvalue weighted by atomic mass is 19.1. The molecule has 0 amide bonds. The highest BCUT2D eigenvalue weighted by Gasteiger charge is 2.13. The molecule has 0 atom stereocenters. The molecule has 0 aliphatic rings. The minimum atomic E-state index is -1.16. The van der Waals surface area contributed by atoms with Gasteiger partial charge in [0.2, 0.25) is 0 Å². The van der Waals surface area contributed by atoms with Crippen molar-refractivity contribution >= 4 is 0 Å².